The second kappa shape index (κ2) is 5.90. The summed E-state index contributed by atoms with van der Waals surface area (Å²) >= 11 is 0. The number of hydrogen-bond donors (Lipinski definition) is 1. The molecule has 0 saturated heterocycles. The topological polar surface area (TPSA) is 21.3 Å². The van der Waals surface area contributed by atoms with Gasteiger partial charge < -0.3 is 10.1 Å². The lowest BCUT2D eigenvalue weighted by molar-refractivity contribution is 0.214. The van der Waals surface area contributed by atoms with Gasteiger partial charge in [0, 0.05) is 18.2 Å². The zero-order valence-corrected chi connectivity index (χ0v) is 13.7. The van der Waals surface area contributed by atoms with Gasteiger partial charge in [0.1, 0.15) is 5.75 Å². The van der Waals surface area contributed by atoms with Crippen LogP contribution < -0.4 is 10.1 Å². The van der Waals surface area contributed by atoms with Crippen molar-refractivity contribution in [3.05, 3.63) is 23.8 Å². The molecule has 1 fully saturated rings. The first-order valence-corrected chi connectivity index (χ1v) is 8.54. The van der Waals surface area contributed by atoms with Gasteiger partial charge in [-0.15, -0.1) is 0 Å². The molecule has 0 aromatic heterocycles. The van der Waals surface area contributed by atoms with Crippen LogP contribution >= 0.6 is 0 Å². The Labute approximate surface area is 129 Å². The number of ether oxygens (including phenoxy) is 1. The van der Waals surface area contributed by atoms with Gasteiger partial charge in [-0.2, -0.15) is 0 Å². The van der Waals surface area contributed by atoms with Gasteiger partial charge >= 0.3 is 0 Å². The third-order valence-corrected chi connectivity index (χ3v) is 5.25. The Hall–Kier alpha value is -1.18. The van der Waals surface area contributed by atoms with Crippen LogP contribution in [-0.4, -0.2) is 12.6 Å². The van der Waals surface area contributed by atoms with Crippen molar-refractivity contribution in [2.45, 2.75) is 65.3 Å². The summed E-state index contributed by atoms with van der Waals surface area (Å²) in [5.41, 5.74) is 3.10. The molecular formula is C19H29NO. The molecule has 1 heterocycles. The number of rotatable bonds is 2. The minimum atomic E-state index is 0.458. The molecule has 1 aromatic carbocycles. The van der Waals surface area contributed by atoms with Crippen LogP contribution in [0.1, 0.15) is 58.4 Å². The van der Waals surface area contributed by atoms with E-state index in [9.17, 15) is 0 Å². The summed E-state index contributed by atoms with van der Waals surface area (Å²) < 4.78 is 5.59. The van der Waals surface area contributed by atoms with Gasteiger partial charge in [-0.25, -0.2) is 0 Å². The first-order chi connectivity index (χ1) is 10.0. The van der Waals surface area contributed by atoms with E-state index >= 15 is 0 Å². The summed E-state index contributed by atoms with van der Waals surface area (Å²) in [6.07, 6.45) is 7.76. The number of fused-ring (bicyclic) bond motifs is 1. The molecule has 116 valence electrons. The predicted molar refractivity (Wildman–Crippen MR) is 89.1 cm³/mol. The van der Waals surface area contributed by atoms with Crippen molar-refractivity contribution in [3.8, 4) is 5.75 Å². The molecule has 1 aliphatic heterocycles. The van der Waals surface area contributed by atoms with Crippen molar-refractivity contribution in [2.24, 2.45) is 11.3 Å². The van der Waals surface area contributed by atoms with E-state index in [4.69, 9.17) is 4.74 Å². The molecular weight excluding hydrogens is 258 g/mol. The molecule has 1 aliphatic carbocycles. The van der Waals surface area contributed by atoms with Crippen LogP contribution in [-0.2, 0) is 6.42 Å². The molecule has 0 amide bonds. The molecule has 1 aromatic rings. The van der Waals surface area contributed by atoms with Gasteiger partial charge in [-0.05, 0) is 60.8 Å². The smallest absolute Gasteiger partial charge is 0.122 e. The van der Waals surface area contributed by atoms with Crippen LogP contribution in [0.3, 0.4) is 0 Å². The molecule has 1 saturated carbocycles. The van der Waals surface area contributed by atoms with Crippen LogP contribution in [0.25, 0.3) is 0 Å². The van der Waals surface area contributed by atoms with E-state index in [1.807, 2.05) is 0 Å². The van der Waals surface area contributed by atoms with Gasteiger partial charge in [-0.3, -0.25) is 0 Å². The third kappa shape index (κ3) is 3.53. The highest BCUT2D eigenvalue weighted by Gasteiger charge is 2.27. The maximum absolute atomic E-state index is 5.59. The van der Waals surface area contributed by atoms with E-state index in [2.05, 4.69) is 44.3 Å². The van der Waals surface area contributed by atoms with Gasteiger partial charge in [0.2, 0.25) is 0 Å². The van der Waals surface area contributed by atoms with Crippen molar-refractivity contribution >= 4 is 5.69 Å². The highest BCUT2D eigenvalue weighted by molar-refractivity contribution is 5.52. The summed E-state index contributed by atoms with van der Waals surface area (Å²) in [5.74, 6) is 1.95. The van der Waals surface area contributed by atoms with Gasteiger partial charge in [0.15, 0.2) is 0 Å². The Morgan fingerprint density at radius 2 is 1.95 bits per heavy atom. The van der Waals surface area contributed by atoms with E-state index in [0.29, 0.717) is 11.5 Å². The van der Waals surface area contributed by atoms with Crippen molar-refractivity contribution in [3.63, 3.8) is 0 Å². The average molecular weight is 287 g/mol. The van der Waals surface area contributed by atoms with Crippen LogP contribution in [0.15, 0.2) is 18.2 Å². The molecule has 2 nitrogen and oxygen atoms in total. The second-order valence-electron chi connectivity index (χ2n) is 7.83. The number of nitrogens with one attached hydrogen (secondary N) is 1. The molecule has 0 bridgehead atoms. The monoisotopic (exact) mass is 287 g/mol. The first-order valence-electron chi connectivity index (χ1n) is 8.54. The van der Waals surface area contributed by atoms with Crippen LogP contribution in [0.4, 0.5) is 5.69 Å². The quantitative estimate of drug-likeness (QED) is 0.770. The molecule has 2 unspecified atom stereocenters. The minimum absolute atomic E-state index is 0.458. The lowest BCUT2D eigenvalue weighted by Gasteiger charge is -2.29. The molecule has 2 atom stereocenters. The minimum Gasteiger partial charge on any atom is -0.493 e. The van der Waals surface area contributed by atoms with Gasteiger partial charge in [0.05, 0.1) is 6.61 Å². The summed E-state index contributed by atoms with van der Waals surface area (Å²) in [6.45, 7) is 8.03. The lowest BCUT2D eigenvalue weighted by Crippen LogP contribution is -2.21. The van der Waals surface area contributed by atoms with Crippen molar-refractivity contribution in [2.75, 3.05) is 11.9 Å². The van der Waals surface area contributed by atoms with E-state index in [0.717, 1.165) is 24.7 Å². The van der Waals surface area contributed by atoms with E-state index < -0.39 is 0 Å². The maximum Gasteiger partial charge on any atom is 0.122 e. The fourth-order valence-corrected chi connectivity index (χ4v) is 3.82. The van der Waals surface area contributed by atoms with Crippen molar-refractivity contribution in [1.29, 1.82) is 0 Å². The molecule has 2 aliphatic rings. The Balaban J connectivity index is 1.61. The molecule has 21 heavy (non-hydrogen) atoms. The molecule has 2 heteroatoms. The number of anilines is 1. The first kappa shape index (κ1) is 14.7. The molecule has 3 rings (SSSR count). The van der Waals surface area contributed by atoms with Gasteiger partial charge in [0.25, 0.3) is 0 Å². The Bertz CT molecular complexity index is 489. The normalized spacial score (nSPS) is 25.9. The van der Waals surface area contributed by atoms with Crippen LogP contribution in [0, 0.1) is 11.3 Å². The lowest BCUT2D eigenvalue weighted by atomic mass is 9.76. The molecule has 0 radical (unpaired) electrons. The Kier molecular flexibility index (Phi) is 4.14. The summed E-state index contributed by atoms with van der Waals surface area (Å²) in [7, 11) is 0. The summed E-state index contributed by atoms with van der Waals surface area (Å²) in [6, 6.07) is 7.22. The zero-order valence-electron chi connectivity index (χ0n) is 13.7. The summed E-state index contributed by atoms with van der Waals surface area (Å²) in [4.78, 5) is 0. The van der Waals surface area contributed by atoms with E-state index in [1.165, 1.54) is 43.4 Å². The number of hydrogen-bond acceptors (Lipinski definition) is 2. The predicted octanol–water partition coefficient (Wildman–Crippen LogP) is 5.03. The molecule has 1 N–H and O–H groups in total. The maximum atomic E-state index is 5.59. The fraction of sp³-hybridized carbons (Fsp3) is 0.684. The highest BCUT2D eigenvalue weighted by atomic mass is 16.5. The van der Waals surface area contributed by atoms with Crippen LogP contribution in [0.2, 0.25) is 0 Å². The Morgan fingerprint density at radius 1 is 1.10 bits per heavy atom. The zero-order chi connectivity index (χ0) is 14.9. The third-order valence-electron chi connectivity index (χ3n) is 5.25. The summed E-state index contributed by atoms with van der Waals surface area (Å²) in [5, 5.41) is 3.77. The average Bonchev–Trinajstić information content (AvgIpc) is 2.75. The van der Waals surface area contributed by atoms with E-state index in [-0.39, 0.29) is 0 Å². The molecule has 0 spiro atoms. The largest absolute Gasteiger partial charge is 0.493 e. The Morgan fingerprint density at radius 3 is 2.76 bits per heavy atom. The second-order valence-corrected chi connectivity index (χ2v) is 7.83. The van der Waals surface area contributed by atoms with Crippen molar-refractivity contribution < 1.29 is 4.74 Å². The SMILES string of the molecule is CC(C)(C)C1CCCC(Nc2ccc3c(c2)CCO3)CC1. The number of benzene rings is 1. The van der Waals surface area contributed by atoms with Crippen molar-refractivity contribution in [1.82, 2.24) is 0 Å². The van der Waals surface area contributed by atoms with Gasteiger partial charge in [-0.1, -0.05) is 27.2 Å². The standard InChI is InChI=1S/C19H29NO/c1-19(2,3)15-5-4-6-16(8-7-15)20-17-9-10-18-14(13-17)11-12-21-18/h9-10,13,15-16,20H,4-8,11-12H2,1-3H3. The van der Waals surface area contributed by atoms with Crippen LogP contribution in [0.5, 0.6) is 5.75 Å². The highest BCUT2D eigenvalue weighted by Crippen LogP contribution is 2.37. The fourth-order valence-electron chi connectivity index (χ4n) is 3.82. The van der Waals surface area contributed by atoms with E-state index in [1.54, 1.807) is 0 Å².